The van der Waals surface area contributed by atoms with Crippen LogP contribution in [0.5, 0.6) is 11.5 Å². The maximum absolute atomic E-state index is 13.3. The highest BCUT2D eigenvalue weighted by molar-refractivity contribution is 7.89. The van der Waals surface area contributed by atoms with Gasteiger partial charge in [-0.3, -0.25) is 0 Å². The van der Waals surface area contributed by atoms with E-state index in [1.54, 1.807) is 49.6 Å². The van der Waals surface area contributed by atoms with Crippen molar-refractivity contribution in [3.63, 3.8) is 0 Å². The Morgan fingerprint density at radius 1 is 0.929 bits per heavy atom. The molecule has 2 aromatic rings. The van der Waals surface area contributed by atoms with Gasteiger partial charge in [-0.2, -0.15) is 4.31 Å². The van der Waals surface area contributed by atoms with Crippen LogP contribution in [-0.4, -0.2) is 54.0 Å². The minimum Gasteiger partial charge on any atom is -0.497 e. The molecule has 2 rings (SSSR count). The molecule has 0 N–H and O–H groups in total. The molecule has 0 aliphatic rings. The summed E-state index contributed by atoms with van der Waals surface area (Å²) in [7, 11) is 2.23. The Hall–Kier alpha value is -2.13. The number of ether oxygens (including phenoxy) is 4. The lowest BCUT2D eigenvalue weighted by molar-refractivity contribution is -0.108. The fourth-order valence-corrected chi connectivity index (χ4v) is 4.12. The first kappa shape index (κ1) is 22.2. The number of aryl methyl sites for hydroxylation is 1. The zero-order valence-corrected chi connectivity index (χ0v) is 17.7. The molecular formula is C20H27NO6S. The molecule has 0 fully saturated rings. The highest BCUT2D eigenvalue weighted by Gasteiger charge is 2.28. The summed E-state index contributed by atoms with van der Waals surface area (Å²) in [6, 6.07) is 12.0. The van der Waals surface area contributed by atoms with Gasteiger partial charge in [-0.25, -0.2) is 8.42 Å². The van der Waals surface area contributed by atoms with Crippen LogP contribution in [0.2, 0.25) is 0 Å². The Labute approximate surface area is 166 Å². The third-order valence-electron chi connectivity index (χ3n) is 4.37. The lowest BCUT2D eigenvalue weighted by atomic mass is 10.2. The van der Waals surface area contributed by atoms with E-state index in [4.69, 9.17) is 18.9 Å². The second-order valence-corrected chi connectivity index (χ2v) is 8.13. The summed E-state index contributed by atoms with van der Waals surface area (Å²) in [6.07, 6.45) is -0.711. The lowest BCUT2D eigenvalue weighted by Gasteiger charge is -2.26. The highest BCUT2D eigenvalue weighted by atomic mass is 32.2. The molecule has 0 radical (unpaired) electrons. The van der Waals surface area contributed by atoms with E-state index in [2.05, 4.69) is 0 Å². The second kappa shape index (κ2) is 9.88. The molecular weight excluding hydrogens is 382 g/mol. The molecule has 0 aliphatic heterocycles. The standard InChI is InChI=1S/C20H27NO6S/c1-15-6-9-18(10-7-15)28(22,23)21(14-20(26-4)27-5)13-16-12-17(24-2)8-11-19(16)25-3/h6-12,20H,13-14H2,1-5H3. The summed E-state index contributed by atoms with van der Waals surface area (Å²) in [4.78, 5) is 0.200. The Kier molecular flexibility index (Phi) is 7.82. The van der Waals surface area contributed by atoms with Gasteiger partial charge in [-0.15, -0.1) is 0 Å². The molecule has 28 heavy (non-hydrogen) atoms. The third kappa shape index (κ3) is 5.23. The van der Waals surface area contributed by atoms with Gasteiger partial charge in [0.25, 0.3) is 0 Å². The number of hydrogen-bond donors (Lipinski definition) is 0. The van der Waals surface area contributed by atoms with Crippen LogP contribution in [-0.2, 0) is 26.0 Å². The van der Waals surface area contributed by atoms with E-state index < -0.39 is 16.3 Å². The number of benzene rings is 2. The first-order chi connectivity index (χ1) is 13.3. The van der Waals surface area contributed by atoms with Gasteiger partial charge in [0, 0.05) is 26.3 Å². The van der Waals surface area contributed by atoms with Crippen LogP contribution in [0.25, 0.3) is 0 Å². The molecule has 7 nitrogen and oxygen atoms in total. The van der Waals surface area contributed by atoms with E-state index in [1.807, 2.05) is 6.92 Å². The predicted molar refractivity (Wildman–Crippen MR) is 106 cm³/mol. The van der Waals surface area contributed by atoms with Crippen molar-refractivity contribution in [2.45, 2.75) is 24.7 Å². The Morgan fingerprint density at radius 2 is 1.57 bits per heavy atom. The summed E-state index contributed by atoms with van der Waals surface area (Å²) >= 11 is 0. The van der Waals surface area contributed by atoms with Crippen molar-refractivity contribution in [1.29, 1.82) is 0 Å². The van der Waals surface area contributed by atoms with Crippen LogP contribution in [0.3, 0.4) is 0 Å². The van der Waals surface area contributed by atoms with Gasteiger partial charge in [-0.1, -0.05) is 17.7 Å². The fraction of sp³-hybridized carbons (Fsp3) is 0.400. The minimum atomic E-state index is -3.80. The van der Waals surface area contributed by atoms with Gasteiger partial charge in [0.2, 0.25) is 10.0 Å². The zero-order valence-electron chi connectivity index (χ0n) is 16.8. The van der Waals surface area contributed by atoms with E-state index in [-0.39, 0.29) is 18.0 Å². The van der Waals surface area contributed by atoms with Crippen LogP contribution < -0.4 is 9.47 Å². The van der Waals surface area contributed by atoms with Crippen LogP contribution in [0, 0.1) is 6.92 Å². The molecule has 0 unspecified atom stereocenters. The number of hydrogen-bond acceptors (Lipinski definition) is 6. The topological polar surface area (TPSA) is 74.3 Å². The molecule has 0 saturated heterocycles. The van der Waals surface area contributed by atoms with E-state index in [9.17, 15) is 8.42 Å². The van der Waals surface area contributed by atoms with Crippen molar-refractivity contribution in [2.24, 2.45) is 0 Å². The first-order valence-electron chi connectivity index (χ1n) is 8.69. The summed E-state index contributed by atoms with van der Waals surface area (Å²) < 4.78 is 49.1. The number of rotatable bonds is 10. The number of methoxy groups -OCH3 is 4. The average Bonchev–Trinajstić information content (AvgIpc) is 2.71. The molecule has 154 valence electrons. The van der Waals surface area contributed by atoms with Crippen LogP contribution >= 0.6 is 0 Å². The largest absolute Gasteiger partial charge is 0.497 e. The van der Waals surface area contributed by atoms with Crippen molar-refractivity contribution in [1.82, 2.24) is 4.31 Å². The van der Waals surface area contributed by atoms with Gasteiger partial charge in [0.05, 0.1) is 25.7 Å². The van der Waals surface area contributed by atoms with Crippen molar-refractivity contribution < 1.29 is 27.4 Å². The third-order valence-corrected chi connectivity index (χ3v) is 6.20. The normalized spacial score (nSPS) is 11.8. The van der Waals surface area contributed by atoms with E-state index in [0.717, 1.165) is 5.56 Å². The van der Waals surface area contributed by atoms with E-state index in [1.165, 1.54) is 25.6 Å². The summed E-state index contributed by atoms with van der Waals surface area (Å²) in [5.74, 6) is 1.18. The van der Waals surface area contributed by atoms with Crippen molar-refractivity contribution in [3.8, 4) is 11.5 Å². The predicted octanol–water partition coefficient (Wildman–Crippen LogP) is 2.82. The Balaban J connectivity index is 2.46. The van der Waals surface area contributed by atoms with E-state index in [0.29, 0.717) is 17.1 Å². The van der Waals surface area contributed by atoms with Crippen molar-refractivity contribution in [3.05, 3.63) is 53.6 Å². The maximum atomic E-state index is 13.3. The highest BCUT2D eigenvalue weighted by Crippen LogP contribution is 2.28. The molecule has 0 spiro atoms. The van der Waals surface area contributed by atoms with Crippen LogP contribution in [0.15, 0.2) is 47.4 Å². The zero-order chi connectivity index (χ0) is 20.7. The SMILES string of the molecule is COc1ccc(OC)c(CN(CC(OC)OC)S(=O)(=O)c2ccc(C)cc2)c1. The summed E-state index contributed by atoms with van der Waals surface area (Å²) in [5.41, 5.74) is 1.65. The van der Waals surface area contributed by atoms with E-state index >= 15 is 0 Å². The molecule has 0 aliphatic carbocycles. The molecule has 0 aromatic heterocycles. The van der Waals surface area contributed by atoms with Crippen LogP contribution in [0.1, 0.15) is 11.1 Å². The molecule has 0 atom stereocenters. The lowest BCUT2D eigenvalue weighted by Crippen LogP contribution is -2.38. The monoisotopic (exact) mass is 409 g/mol. The van der Waals surface area contributed by atoms with Crippen LogP contribution in [0.4, 0.5) is 0 Å². The first-order valence-corrected chi connectivity index (χ1v) is 10.1. The van der Waals surface area contributed by atoms with Gasteiger partial charge in [-0.05, 0) is 37.3 Å². The maximum Gasteiger partial charge on any atom is 0.243 e. The Morgan fingerprint density at radius 3 is 2.11 bits per heavy atom. The smallest absolute Gasteiger partial charge is 0.243 e. The molecule has 0 heterocycles. The number of sulfonamides is 1. The molecule has 8 heteroatoms. The van der Waals surface area contributed by atoms with Gasteiger partial charge in [0.15, 0.2) is 6.29 Å². The fourth-order valence-electron chi connectivity index (χ4n) is 2.71. The van der Waals surface area contributed by atoms with Gasteiger partial charge >= 0.3 is 0 Å². The quantitative estimate of drug-likeness (QED) is 0.562. The second-order valence-electron chi connectivity index (χ2n) is 6.19. The Bertz CT molecular complexity index is 863. The summed E-state index contributed by atoms with van der Waals surface area (Å²) in [5, 5.41) is 0. The molecule has 2 aromatic carbocycles. The molecule has 0 amide bonds. The van der Waals surface area contributed by atoms with Gasteiger partial charge in [0.1, 0.15) is 11.5 Å². The molecule has 0 bridgehead atoms. The summed E-state index contributed by atoms with van der Waals surface area (Å²) in [6.45, 7) is 1.99. The number of nitrogens with zero attached hydrogens (tertiary/aromatic N) is 1. The van der Waals surface area contributed by atoms with Crippen molar-refractivity contribution in [2.75, 3.05) is 35.0 Å². The minimum absolute atomic E-state index is 0.0174. The average molecular weight is 410 g/mol. The molecule has 0 saturated carbocycles. The van der Waals surface area contributed by atoms with Gasteiger partial charge < -0.3 is 18.9 Å². The van der Waals surface area contributed by atoms with Crippen molar-refractivity contribution >= 4 is 10.0 Å².